The highest BCUT2D eigenvalue weighted by Crippen LogP contribution is 2.10. The van der Waals surface area contributed by atoms with Crippen LogP contribution >= 0.6 is 36.6 Å². The number of hydrogen-bond acceptors (Lipinski definition) is 3. The van der Waals surface area contributed by atoms with E-state index in [1.165, 1.54) is 0 Å². The summed E-state index contributed by atoms with van der Waals surface area (Å²) in [5, 5.41) is 6.76. The molecule has 1 fully saturated rings. The van der Waals surface area contributed by atoms with Gasteiger partial charge in [-0.1, -0.05) is 12.2 Å². The molecular formula is C5H10N2S3. The van der Waals surface area contributed by atoms with E-state index in [0.717, 1.165) is 18.8 Å². The van der Waals surface area contributed by atoms with Crippen LogP contribution in [0.2, 0.25) is 0 Å². The van der Waals surface area contributed by atoms with Crippen molar-refractivity contribution in [2.24, 2.45) is 0 Å². The normalized spacial score (nSPS) is 25.9. The van der Waals surface area contributed by atoms with Gasteiger partial charge in [0.15, 0.2) is 0 Å². The summed E-state index contributed by atoms with van der Waals surface area (Å²) in [6, 6.07) is 0. The van der Waals surface area contributed by atoms with E-state index in [1.807, 2.05) is 11.8 Å². The molecule has 0 spiro atoms. The molecule has 58 valence electrons. The Balaban J connectivity index is 2.19. The molecule has 2 N–H and O–H groups in total. The summed E-state index contributed by atoms with van der Waals surface area (Å²) in [5.74, 6) is 1.15. The molecule has 1 aliphatic rings. The Morgan fingerprint density at radius 1 is 1.80 bits per heavy atom. The van der Waals surface area contributed by atoms with E-state index < -0.39 is 0 Å². The van der Waals surface area contributed by atoms with Gasteiger partial charge in [0.25, 0.3) is 0 Å². The number of thiocarbonyl (C=S) groups is 1. The van der Waals surface area contributed by atoms with E-state index in [0.29, 0.717) is 9.69 Å². The summed E-state index contributed by atoms with van der Waals surface area (Å²) in [4.78, 5) is 0. The predicted molar refractivity (Wildman–Crippen MR) is 53.8 cm³/mol. The highest BCUT2D eigenvalue weighted by molar-refractivity contribution is 8.11. The highest BCUT2D eigenvalue weighted by atomic mass is 32.2. The maximum absolute atomic E-state index is 4.79. The van der Waals surface area contributed by atoms with Crippen molar-refractivity contribution < 1.29 is 0 Å². The summed E-state index contributed by atoms with van der Waals surface area (Å²) in [7, 11) is 0. The molecule has 0 aromatic rings. The molecule has 0 saturated carbocycles. The van der Waals surface area contributed by atoms with Crippen molar-refractivity contribution in [3.05, 3.63) is 0 Å². The van der Waals surface area contributed by atoms with Gasteiger partial charge in [-0.15, -0.1) is 24.4 Å². The number of thiol groups is 1. The van der Waals surface area contributed by atoms with Crippen LogP contribution in [0.15, 0.2) is 0 Å². The molecule has 0 aromatic carbocycles. The number of hydrogen-bond donors (Lipinski definition) is 3. The van der Waals surface area contributed by atoms with Gasteiger partial charge in [0.2, 0.25) is 0 Å². The first-order valence-corrected chi connectivity index (χ1v) is 5.01. The molecule has 10 heavy (non-hydrogen) atoms. The first kappa shape index (κ1) is 8.64. The van der Waals surface area contributed by atoms with E-state index >= 15 is 0 Å². The molecule has 5 heteroatoms. The molecule has 0 aliphatic carbocycles. The van der Waals surface area contributed by atoms with Gasteiger partial charge >= 0.3 is 0 Å². The van der Waals surface area contributed by atoms with Crippen LogP contribution in [0.3, 0.4) is 0 Å². The van der Waals surface area contributed by atoms with Crippen LogP contribution in [-0.2, 0) is 0 Å². The third-order valence-corrected chi connectivity index (χ3v) is 2.59. The Morgan fingerprint density at radius 3 is 3.10 bits per heavy atom. The van der Waals surface area contributed by atoms with Crippen LogP contribution < -0.4 is 10.6 Å². The predicted octanol–water partition coefficient (Wildman–Crippen LogP) is 0.453. The second-order valence-electron chi connectivity index (χ2n) is 2.01. The Bertz CT molecular complexity index is 122. The van der Waals surface area contributed by atoms with E-state index in [9.17, 15) is 0 Å². The van der Waals surface area contributed by atoms with Crippen molar-refractivity contribution in [1.29, 1.82) is 0 Å². The smallest absolute Gasteiger partial charge is 0.131 e. The van der Waals surface area contributed by atoms with Gasteiger partial charge in [-0.3, -0.25) is 0 Å². The van der Waals surface area contributed by atoms with Crippen molar-refractivity contribution in [3.63, 3.8) is 0 Å². The van der Waals surface area contributed by atoms with Crippen molar-refractivity contribution in [2.45, 2.75) is 5.37 Å². The molecule has 1 unspecified atom stereocenters. The lowest BCUT2D eigenvalue weighted by atomic mass is 10.5. The standard InChI is InChI=1S/C5H10N2S3/c8-5(9)7-4-3-6-1-2-10-4/h4,6H,1-3H2,(H2,7,8,9). The fourth-order valence-corrected chi connectivity index (χ4v) is 2.24. The first-order valence-electron chi connectivity index (χ1n) is 3.11. The molecule has 1 rings (SSSR count). The van der Waals surface area contributed by atoms with Crippen LogP contribution in [0, 0.1) is 0 Å². The quantitative estimate of drug-likeness (QED) is 0.417. The zero-order valence-corrected chi connectivity index (χ0v) is 7.99. The minimum atomic E-state index is 0.416. The van der Waals surface area contributed by atoms with Gasteiger partial charge in [-0.25, -0.2) is 0 Å². The third-order valence-electron chi connectivity index (χ3n) is 1.21. The SMILES string of the molecule is S=C(S)NC1CNCCS1. The Kier molecular flexibility index (Phi) is 3.83. The molecule has 1 saturated heterocycles. The summed E-state index contributed by atoms with van der Waals surface area (Å²) in [6.45, 7) is 2.08. The van der Waals surface area contributed by atoms with E-state index in [1.54, 1.807) is 0 Å². The topological polar surface area (TPSA) is 24.1 Å². The number of rotatable bonds is 1. The average molecular weight is 194 g/mol. The fourth-order valence-electron chi connectivity index (χ4n) is 0.796. The van der Waals surface area contributed by atoms with Crippen molar-refractivity contribution >= 4 is 40.9 Å². The first-order chi connectivity index (χ1) is 4.79. The Hall–Kier alpha value is 0.550. The molecule has 2 nitrogen and oxygen atoms in total. The zero-order valence-electron chi connectivity index (χ0n) is 5.46. The van der Waals surface area contributed by atoms with Crippen molar-refractivity contribution in [2.75, 3.05) is 18.8 Å². The van der Waals surface area contributed by atoms with Gasteiger partial charge in [0.05, 0.1) is 5.37 Å². The lowest BCUT2D eigenvalue weighted by Crippen LogP contribution is -2.42. The maximum Gasteiger partial charge on any atom is 0.131 e. The van der Waals surface area contributed by atoms with Gasteiger partial charge in [-0.2, -0.15) is 0 Å². The summed E-state index contributed by atoms with van der Waals surface area (Å²) in [5.41, 5.74) is 0. The highest BCUT2D eigenvalue weighted by Gasteiger charge is 2.11. The van der Waals surface area contributed by atoms with Gasteiger partial charge in [0.1, 0.15) is 4.32 Å². The monoisotopic (exact) mass is 194 g/mol. The number of thioether (sulfide) groups is 1. The molecule has 1 aliphatic heterocycles. The fraction of sp³-hybridized carbons (Fsp3) is 0.800. The van der Waals surface area contributed by atoms with Crippen LogP contribution in [-0.4, -0.2) is 28.5 Å². The van der Waals surface area contributed by atoms with Crippen molar-refractivity contribution in [1.82, 2.24) is 10.6 Å². The number of nitrogens with one attached hydrogen (secondary N) is 2. The second kappa shape index (κ2) is 4.43. The van der Waals surface area contributed by atoms with Crippen LogP contribution in [0.4, 0.5) is 0 Å². The Morgan fingerprint density at radius 2 is 2.60 bits per heavy atom. The summed E-state index contributed by atoms with van der Waals surface area (Å²) in [6.07, 6.45) is 0. The van der Waals surface area contributed by atoms with Crippen LogP contribution in [0.1, 0.15) is 0 Å². The molecule has 0 aromatic heterocycles. The molecule has 0 bridgehead atoms. The zero-order chi connectivity index (χ0) is 7.40. The van der Waals surface area contributed by atoms with Gasteiger partial charge in [-0.05, 0) is 0 Å². The minimum absolute atomic E-state index is 0.416. The van der Waals surface area contributed by atoms with E-state index in [2.05, 4.69) is 23.3 Å². The van der Waals surface area contributed by atoms with E-state index in [4.69, 9.17) is 12.2 Å². The molecular weight excluding hydrogens is 184 g/mol. The lowest BCUT2D eigenvalue weighted by Gasteiger charge is -2.23. The van der Waals surface area contributed by atoms with Crippen LogP contribution in [0.5, 0.6) is 0 Å². The third kappa shape index (κ3) is 3.09. The Labute approximate surface area is 75.9 Å². The summed E-state index contributed by atoms with van der Waals surface area (Å²) < 4.78 is 0.584. The van der Waals surface area contributed by atoms with Crippen molar-refractivity contribution in [3.8, 4) is 0 Å². The molecule has 1 atom stereocenters. The van der Waals surface area contributed by atoms with Gasteiger partial charge < -0.3 is 10.6 Å². The largest absolute Gasteiger partial charge is 0.358 e. The minimum Gasteiger partial charge on any atom is -0.358 e. The maximum atomic E-state index is 4.79. The van der Waals surface area contributed by atoms with E-state index in [-0.39, 0.29) is 0 Å². The van der Waals surface area contributed by atoms with Crippen LogP contribution in [0.25, 0.3) is 0 Å². The molecule has 1 heterocycles. The lowest BCUT2D eigenvalue weighted by molar-refractivity contribution is 0.654. The second-order valence-corrected chi connectivity index (χ2v) is 4.48. The molecule has 0 amide bonds. The van der Waals surface area contributed by atoms with Gasteiger partial charge in [0, 0.05) is 18.8 Å². The average Bonchev–Trinajstić information content (AvgIpc) is 1.88. The molecule has 0 radical (unpaired) electrons. The summed E-state index contributed by atoms with van der Waals surface area (Å²) >= 11 is 10.7.